The highest BCUT2D eigenvalue weighted by atomic mass is 32.2. The van der Waals surface area contributed by atoms with Gasteiger partial charge in [-0.2, -0.15) is 8.42 Å². The molecule has 0 saturated heterocycles. The van der Waals surface area contributed by atoms with Gasteiger partial charge in [0, 0.05) is 0 Å². The van der Waals surface area contributed by atoms with Gasteiger partial charge in [0.15, 0.2) is 0 Å². The maximum atomic E-state index is 10.8. The zero-order valence-electron chi connectivity index (χ0n) is 9.42. The van der Waals surface area contributed by atoms with E-state index in [4.69, 9.17) is 4.18 Å². The Bertz CT molecular complexity index is 329. The maximum Gasteiger partial charge on any atom is 0.265 e. The summed E-state index contributed by atoms with van der Waals surface area (Å²) in [5, 5.41) is 0. The molecule has 1 atom stereocenters. The third-order valence-corrected chi connectivity index (χ3v) is 2.75. The van der Waals surface area contributed by atoms with E-state index in [1.54, 1.807) is 0 Å². The van der Waals surface area contributed by atoms with Crippen LogP contribution in [0.4, 0.5) is 0 Å². The highest BCUT2D eigenvalue weighted by Crippen LogP contribution is 2.03. The van der Waals surface area contributed by atoms with Gasteiger partial charge in [0.1, 0.15) is 14.2 Å². The van der Waals surface area contributed by atoms with Gasteiger partial charge in [-0.05, 0) is 6.42 Å². The quantitative estimate of drug-likeness (QED) is 0.423. The van der Waals surface area contributed by atoms with Gasteiger partial charge in [0.25, 0.3) is 10.1 Å². The zero-order chi connectivity index (χ0) is 11.4. The fourth-order valence-electron chi connectivity index (χ4n) is 0.702. The van der Waals surface area contributed by atoms with Gasteiger partial charge in [-0.25, -0.2) is 0 Å². The molecule has 5 heteroatoms. The molecule has 0 fully saturated rings. The monoisotopic (exact) mass is 234 g/mol. The van der Waals surface area contributed by atoms with Crippen LogP contribution in [-0.4, -0.2) is 28.9 Å². The first-order valence-electron chi connectivity index (χ1n) is 4.55. The van der Waals surface area contributed by atoms with E-state index in [-0.39, 0.29) is 0 Å². The van der Waals surface area contributed by atoms with Crippen molar-refractivity contribution in [3.05, 3.63) is 0 Å². The van der Waals surface area contributed by atoms with Crippen LogP contribution >= 0.6 is 0 Å². The molecule has 0 bridgehead atoms. The second-order valence-corrected chi connectivity index (χ2v) is 10.6. The molecule has 0 amide bonds. The first-order valence-corrected chi connectivity index (χ1v) is 9.86. The van der Waals surface area contributed by atoms with Crippen LogP contribution < -0.4 is 0 Å². The Morgan fingerprint density at radius 3 is 2.14 bits per heavy atom. The van der Waals surface area contributed by atoms with E-state index in [9.17, 15) is 8.42 Å². The average molecular weight is 234 g/mol. The van der Waals surface area contributed by atoms with Crippen molar-refractivity contribution in [3.8, 4) is 11.5 Å². The van der Waals surface area contributed by atoms with Crippen molar-refractivity contribution in [2.24, 2.45) is 0 Å². The number of hydrogen-bond donors (Lipinski definition) is 0. The van der Waals surface area contributed by atoms with Crippen LogP contribution in [0.25, 0.3) is 0 Å². The predicted molar refractivity (Wildman–Crippen MR) is 61.1 cm³/mol. The second-order valence-electron chi connectivity index (χ2n) is 4.22. The summed E-state index contributed by atoms with van der Waals surface area (Å²) in [5.74, 6) is 2.88. The van der Waals surface area contributed by atoms with E-state index in [0.29, 0.717) is 6.42 Å². The Morgan fingerprint density at radius 1 is 1.36 bits per heavy atom. The van der Waals surface area contributed by atoms with Gasteiger partial charge in [0.2, 0.25) is 0 Å². The Morgan fingerprint density at radius 2 is 1.86 bits per heavy atom. The molecular weight excluding hydrogens is 216 g/mol. The van der Waals surface area contributed by atoms with E-state index in [1.807, 2.05) is 6.92 Å². The Labute approximate surface area is 88.0 Å². The molecule has 0 aliphatic rings. The third kappa shape index (κ3) is 8.29. The molecule has 0 aromatic carbocycles. The van der Waals surface area contributed by atoms with Gasteiger partial charge >= 0.3 is 0 Å². The van der Waals surface area contributed by atoms with Gasteiger partial charge in [-0.1, -0.05) is 32.5 Å². The molecule has 0 aromatic heterocycles. The lowest BCUT2D eigenvalue weighted by atomic mass is 10.3. The smallest absolute Gasteiger partial charge is 0.254 e. The lowest BCUT2D eigenvalue weighted by Crippen LogP contribution is -2.20. The van der Waals surface area contributed by atoms with E-state index >= 15 is 0 Å². The van der Waals surface area contributed by atoms with E-state index in [0.717, 1.165) is 6.26 Å². The molecule has 0 aliphatic heterocycles. The summed E-state index contributed by atoms with van der Waals surface area (Å²) in [7, 11) is -4.84. The fourth-order valence-corrected chi connectivity index (χ4v) is 1.90. The van der Waals surface area contributed by atoms with Gasteiger partial charge in [-0.15, -0.1) is 5.54 Å². The van der Waals surface area contributed by atoms with Crippen LogP contribution in [0, 0.1) is 11.5 Å². The number of rotatable bonds is 3. The Balaban J connectivity index is 4.52. The van der Waals surface area contributed by atoms with Crippen LogP contribution in [0.1, 0.15) is 13.3 Å². The van der Waals surface area contributed by atoms with Gasteiger partial charge < -0.3 is 0 Å². The van der Waals surface area contributed by atoms with Crippen molar-refractivity contribution in [1.82, 2.24) is 0 Å². The predicted octanol–water partition coefficient (Wildman–Crippen LogP) is 1.62. The molecule has 0 aromatic rings. The highest BCUT2D eigenvalue weighted by Gasteiger charge is 2.12. The molecule has 3 nitrogen and oxygen atoms in total. The lowest BCUT2D eigenvalue weighted by molar-refractivity contribution is 0.263. The first kappa shape index (κ1) is 13.7. The van der Waals surface area contributed by atoms with E-state index in [2.05, 4.69) is 31.1 Å². The molecule has 0 N–H and O–H groups in total. The first-order chi connectivity index (χ1) is 6.14. The van der Waals surface area contributed by atoms with Crippen LogP contribution in [0.2, 0.25) is 19.6 Å². The third-order valence-electron chi connectivity index (χ3n) is 1.27. The van der Waals surface area contributed by atoms with Crippen molar-refractivity contribution >= 4 is 18.2 Å². The molecule has 14 heavy (non-hydrogen) atoms. The minimum atomic E-state index is -3.39. The molecule has 0 heterocycles. The Kier molecular flexibility index (Phi) is 4.85. The molecular formula is C9H18O3SSi. The Hall–Kier alpha value is -0.313. The van der Waals surface area contributed by atoms with Crippen LogP contribution in [0.5, 0.6) is 0 Å². The van der Waals surface area contributed by atoms with Crippen molar-refractivity contribution in [2.45, 2.75) is 39.1 Å². The molecule has 0 spiro atoms. The summed E-state index contributed by atoms with van der Waals surface area (Å²) < 4.78 is 26.5. The fraction of sp³-hybridized carbons (Fsp3) is 0.778. The van der Waals surface area contributed by atoms with Crippen molar-refractivity contribution < 1.29 is 12.6 Å². The largest absolute Gasteiger partial charge is 0.265 e. The lowest BCUT2D eigenvalue weighted by Gasteiger charge is -2.09. The summed E-state index contributed by atoms with van der Waals surface area (Å²) in [6, 6.07) is 0. The summed E-state index contributed by atoms with van der Waals surface area (Å²) in [5.41, 5.74) is 3.09. The van der Waals surface area contributed by atoms with E-state index < -0.39 is 24.3 Å². The van der Waals surface area contributed by atoms with Crippen molar-refractivity contribution in [1.29, 1.82) is 0 Å². The van der Waals surface area contributed by atoms with Crippen molar-refractivity contribution in [2.75, 3.05) is 6.26 Å². The molecule has 0 radical (unpaired) electrons. The van der Waals surface area contributed by atoms with Gasteiger partial charge in [0.05, 0.1) is 6.26 Å². The molecule has 0 rings (SSSR count). The van der Waals surface area contributed by atoms with Crippen LogP contribution in [0.3, 0.4) is 0 Å². The summed E-state index contributed by atoms with van der Waals surface area (Å²) >= 11 is 0. The normalized spacial score (nSPS) is 14.4. The topological polar surface area (TPSA) is 43.4 Å². The molecule has 0 unspecified atom stereocenters. The molecule has 0 saturated carbocycles. The standard InChI is InChI=1S/C9H18O3SSi/c1-6-9(12-13(2,10)11)7-8-14(3,4)5/h9H,6H2,1-5H3/t9-/m1/s1. The molecule has 0 aliphatic carbocycles. The SMILES string of the molecule is CC[C@H](C#C[Si](C)(C)C)OS(C)(=O)=O. The average Bonchev–Trinajstić information content (AvgIpc) is 1.94. The summed E-state index contributed by atoms with van der Waals surface area (Å²) in [6.45, 7) is 8.17. The van der Waals surface area contributed by atoms with Crippen LogP contribution in [-0.2, 0) is 14.3 Å². The minimum Gasteiger partial charge on any atom is -0.254 e. The van der Waals surface area contributed by atoms with Crippen LogP contribution in [0.15, 0.2) is 0 Å². The summed E-state index contributed by atoms with van der Waals surface area (Å²) in [4.78, 5) is 0. The van der Waals surface area contributed by atoms with Crippen molar-refractivity contribution in [3.63, 3.8) is 0 Å². The van der Waals surface area contributed by atoms with E-state index in [1.165, 1.54) is 0 Å². The molecule has 82 valence electrons. The van der Waals surface area contributed by atoms with Gasteiger partial charge in [-0.3, -0.25) is 4.18 Å². The maximum absolute atomic E-state index is 10.8. The highest BCUT2D eigenvalue weighted by molar-refractivity contribution is 7.86. The second kappa shape index (κ2) is 4.96. The number of hydrogen-bond acceptors (Lipinski definition) is 3. The minimum absolute atomic E-state index is 0.489. The zero-order valence-corrected chi connectivity index (χ0v) is 11.2. The summed E-state index contributed by atoms with van der Waals surface area (Å²) in [6.07, 6.45) is 1.15.